The molecule has 138 valence electrons. The molecule has 7 heteroatoms. The van der Waals surface area contributed by atoms with Gasteiger partial charge in [0.2, 0.25) is 5.78 Å². The first-order chi connectivity index (χ1) is 12.1. The third kappa shape index (κ3) is 1.81. The highest BCUT2D eigenvalue weighted by Crippen LogP contribution is 2.56. The quantitative estimate of drug-likeness (QED) is 0.444. The zero-order valence-electron chi connectivity index (χ0n) is 14.1. The van der Waals surface area contributed by atoms with Crippen LogP contribution in [0.2, 0.25) is 0 Å². The Morgan fingerprint density at radius 1 is 1.08 bits per heavy atom. The minimum atomic E-state index is -2.77. The molecule has 4 rings (SSSR count). The minimum Gasteiger partial charge on any atom is -0.508 e. The molecule has 0 saturated heterocycles. The normalized spacial score (nSPS) is 39.3. The topological polar surface area (TPSA) is 135 Å². The molecule has 5 atom stereocenters. The second-order valence-electron chi connectivity index (χ2n) is 7.64. The molecule has 0 spiro atoms. The van der Waals surface area contributed by atoms with E-state index in [0.717, 1.165) is 0 Å². The first kappa shape index (κ1) is 17.4. The summed E-state index contributed by atoms with van der Waals surface area (Å²) in [5, 5.41) is 54.0. The Balaban J connectivity index is 2.05. The molecular weight excluding hydrogens is 340 g/mol. The van der Waals surface area contributed by atoms with Crippen LogP contribution in [0.5, 0.6) is 5.75 Å². The summed E-state index contributed by atoms with van der Waals surface area (Å²) < 4.78 is 0. The Labute approximate surface area is 149 Å². The summed E-state index contributed by atoms with van der Waals surface area (Å²) in [6.45, 7) is 1.85. The maximum Gasteiger partial charge on any atom is 0.202 e. The van der Waals surface area contributed by atoms with Gasteiger partial charge in [-0.15, -0.1) is 0 Å². The summed E-state index contributed by atoms with van der Waals surface area (Å²) in [5.41, 5.74) is -5.73. The summed E-state index contributed by atoms with van der Waals surface area (Å²) in [6, 6.07) is 3.90. The number of hydrogen-bond acceptors (Lipinski definition) is 7. The number of aliphatic hydroxyl groups is 4. The number of hydrogen-bond donors (Lipinski definition) is 5. The number of fused-ring (bicyclic) bond motifs is 3. The molecule has 1 aromatic carbocycles. The first-order valence-electron chi connectivity index (χ1n) is 8.57. The Hall–Kier alpha value is -2.06. The van der Waals surface area contributed by atoms with E-state index in [1.165, 1.54) is 18.2 Å². The molecule has 0 aromatic heterocycles. The van der Waals surface area contributed by atoms with Crippen LogP contribution >= 0.6 is 0 Å². The smallest absolute Gasteiger partial charge is 0.202 e. The van der Waals surface area contributed by atoms with Gasteiger partial charge in [0.05, 0.1) is 6.10 Å². The zero-order valence-corrected chi connectivity index (χ0v) is 14.1. The van der Waals surface area contributed by atoms with Gasteiger partial charge in [-0.3, -0.25) is 9.59 Å². The van der Waals surface area contributed by atoms with Crippen molar-refractivity contribution < 1.29 is 35.1 Å². The van der Waals surface area contributed by atoms with Crippen molar-refractivity contribution in [2.24, 2.45) is 5.92 Å². The number of rotatable bonds is 0. The predicted octanol–water partition coefficient (Wildman–Crippen LogP) is 0.144. The maximum absolute atomic E-state index is 13.2. The van der Waals surface area contributed by atoms with Crippen LogP contribution in [-0.4, -0.2) is 54.4 Å². The second-order valence-corrected chi connectivity index (χ2v) is 7.64. The van der Waals surface area contributed by atoms with Crippen LogP contribution in [0.1, 0.15) is 48.2 Å². The maximum atomic E-state index is 13.2. The fourth-order valence-electron chi connectivity index (χ4n) is 4.81. The summed E-state index contributed by atoms with van der Waals surface area (Å²) in [6.07, 6.45) is -3.26. The molecule has 0 aliphatic heterocycles. The Morgan fingerprint density at radius 2 is 1.77 bits per heavy atom. The SMILES string of the molecule is C[C@@H]1CC(=O)C2=C(C1)C[C@@H](O)[C@]1(O)[C@@H](O)c3c(O)cccc3C(=O)[C@@]21O. The molecule has 3 aliphatic rings. The molecule has 1 aromatic rings. The molecule has 0 radical (unpaired) electrons. The van der Waals surface area contributed by atoms with Crippen molar-refractivity contribution in [2.45, 2.75) is 49.6 Å². The van der Waals surface area contributed by atoms with E-state index in [9.17, 15) is 35.1 Å². The lowest BCUT2D eigenvalue weighted by Gasteiger charge is -2.55. The van der Waals surface area contributed by atoms with E-state index in [-0.39, 0.29) is 35.5 Å². The summed E-state index contributed by atoms with van der Waals surface area (Å²) in [4.78, 5) is 25.9. The van der Waals surface area contributed by atoms with Gasteiger partial charge in [-0.05, 0) is 24.8 Å². The van der Waals surface area contributed by atoms with Crippen LogP contribution in [0.25, 0.3) is 0 Å². The van der Waals surface area contributed by atoms with Crippen LogP contribution in [0.4, 0.5) is 0 Å². The van der Waals surface area contributed by atoms with E-state index in [1.54, 1.807) is 0 Å². The molecule has 3 aliphatic carbocycles. The number of benzene rings is 1. The summed E-state index contributed by atoms with van der Waals surface area (Å²) in [5.74, 6) is -1.93. The summed E-state index contributed by atoms with van der Waals surface area (Å²) >= 11 is 0. The number of phenolic OH excluding ortho intramolecular Hbond substituents is 1. The Kier molecular flexibility index (Phi) is 3.49. The van der Waals surface area contributed by atoms with Crippen molar-refractivity contribution in [2.75, 3.05) is 0 Å². The molecule has 0 heterocycles. The number of aliphatic hydroxyl groups excluding tert-OH is 2. The van der Waals surface area contributed by atoms with Crippen LogP contribution in [0, 0.1) is 5.92 Å². The van der Waals surface area contributed by atoms with Gasteiger partial charge >= 0.3 is 0 Å². The van der Waals surface area contributed by atoms with E-state index in [1.807, 2.05) is 6.92 Å². The monoisotopic (exact) mass is 360 g/mol. The van der Waals surface area contributed by atoms with Gasteiger partial charge in [-0.25, -0.2) is 0 Å². The van der Waals surface area contributed by atoms with Crippen LogP contribution in [0.15, 0.2) is 29.3 Å². The average molecular weight is 360 g/mol. The van der Waals surface area contributed by atoms with Crippen molar-refractivity contribution in [3.63, 3.8) is 0 Å². The lowest BCUT2D eigenvalue weighted by Crippen LogP contribution is -2.73. The van der Waals surface area contributed by atoms with Gasteiger partial charge in [-0.2, -0.15) is 0 Å². The first-order valence-corrected chi connectivity index (χ1v) is 8.57. The fraction of sp³-hybridized carbons (Fsp3) is 0.474. The third-order valence-electron chi connectivity index (χ3n) is 6.00. The van der Waals surface area contributed by atoms with Crippen LogP contribution in [0.3, 0.4) is 0 Å². The molecule has 0 unspecified atom stereocenters. The van der Waals surface area contributed by atoms with Gasteiger partial charge in [0.25, 0.3) is 0 Å². The molecule has 7 nitrogen and oxygen atoms in total. The largest absolute Gasteiger partial charge is 0.508 e. The lowest BCUT2D eigenvalue weighted by atomic mass is 9.54. The highest BCUT2D eigenvalue weighted by Gasteiger charge is 2.71. The molecule has 0 saturated carbocycles. The van der Waals surface area contributed by atoms with E-state index < -0.39 is 40.7 Å². The van der Waals surface area contributed by atoms with E-state index >= 15 is 0 Å². The van der Waals surface area contributed by atoms with Crippen molar-refractivity contribution in [3.8, 4) is 5.75 Å². The van der Waals surface area contributed by atoms with Gasteiger partial charge in [0, 0.05) is 23.1 Å². The highest BCUT2D eigenvalue weighted by molar-refractivity contribution is 6.16. The van der Waals surface area contributed by atoms with Gasteiger partial charge in [-0.1, -0.05) is 24.6 Å². The van der Waals surface area contributed by atoms with Gasteiger partial charge in [0.15, 0.2) is 17.0 Å². The highest BCUT2D eigenvalue weighted by atomic mass is 16.4. The molecular formula is C19H20O7. The summed E-state index contributed by atoms with van der Waals surface area (Å²) in [7, 11) is 0. The van der Waals surface area contributed by atoms with E-state index in [4.69, 9.17) is 0 Å². The van der Waals surface area contributed by atoms with Gasteiger partial charge < -0.3 is 25.5 Å². The van der Waals surface area contributed by atoms with Crippen molar-refractivity contribution in [3.05, 3.63) is 40.5 Å². The lowest BCUT2D eigenvalue weighted by molar-refractivity contribution is -0.228. The Morgan fingerprint density at radius 3 is 2.46 bits per heavy atom. The van der Waals surface area contributed by atoms with E-state index in [0.29, 0.717) is 12.0 Å². The fourth-order valence-corrected chi connectivity index (χ4v) is 4.81. The van der Waals surface area contributed by atoms with Gasteiger partial charge in [0.1, 0.15) is 11.9 Å². The number of Topliss-reactive ketones (excluding diaryl/α,β-unsaturated/α-hetero) is 2. The van der Waals surface area contributed by atoms with Crippen molar-refractivity contribution in [1.29, 1.82) is 0 Å². The average Bonchev–Trinajstić information content (AvgIpc) is 2.56. The second kappa shape index (κ2) is 5.23. The number of phenols is 1. The minimum absolute atomic E-state index is 0.0109. The predicted molar refractivity (Wildman–Crippen MR) is 88.4 cm³/mol. The van der Waals surface area contributed by atoms with Crippen LogP contribution in [-0.2, 0) is 4.79 Å². The zero-order chi connectivity index (χ0) is 19.0. The molecule has 26 heavy (non-hydrogen) atoms. The van der Waals surface area contributed by atoms with E-state index in [2.05, 4.69) is 0 Å². The number of ketones is 2. The third-order valence-corrected chi connectivity index (χ3v) is 6.00. The standard InChI is InChI=1S/C19H20O7/c1-8-5-9-7-13(22)18(25)17(24)14-10(3-2-4-11(14)20)16(23)19(18,26)15(9)12(21)6-8/h2-4,8,13,17,20,22,24-26H,5-7H2,1H3/t8-,13+,17-,18-,19-/m0/s1. The molecule has 5 N–H and O–H groups in total. The van der Waals surface area contributed by atoms with Crippen molar-refractivity contribution >= 4 is 11.6 Å². The molecule has 0 amide bonds. The van der Waals surface area contributed by atoms with Crippen molar-refractivity contribution in [1.82, 2.24) is 0 Å². The number of carbonyl (C=O) groups excluding carboxylic acids is 2. The number of carbonyl (C=O) groups is 2. The number of aromatic hydroxyl groups is 1. The Bertz CT molecular complexity index is 873. The molecule has 0 bridgehead atoms. The van der Waals surface area contributed by atoms with Crippen LogP contribution < -0.4 is 0 Å². The molecule has 0 fully saturated rings.